The summed E-state index contributed by atoms with van der Waals surface area (Å²) in [7, 11) is 0. The van der Waals surface area contributed by atoms with Gasteiger partial charge >= 0.3 is 0 Å². The zero-order valence-electron chi connectivity index (χ0n) is 18.5. The SMILES string of the molecule is O=c1c(-c2ccc(O)cc2)coc2cc(OCc3noc(-c4cccc(-c5nnn[nH]5)c4)n3)ccc12. The molecule has 0 atom stereocenters. The highest BCUT2D eigenvalue weighted by Crippen LogP contribution is 2.26. The van der Waals surface area contributed by atoms with Gasteiger partial charge in [0.2, 0.25) is 5.82 Å². The number of tetrazole rings is 1. The Morgan fingerprint density at radius 2 is 1.83 bits per heavy atom. The van der Waals surface area contributed by atoms with Gasteiger partial charge in [-0.2, -0.15) is 4.98 Å². The van der Waals surface area contributed by atoms with Gasteiger partial charge in [-0.05, 0) is 52.4 Å². The molecular weight excluding hydrogens is 464 g/mol. The number of fused-ring (bicyclic) bond motifs is 1. The monoisotopic (exact) mass is 480 g/mol. The Morgan fingerprint density at radius 1 is 0.972 bits per heavy atom. The van der Waals surface area contributed by atoms with E-state index in [1.807, 2.05) is 24.3 Å². The molecule has 0 saturated carbocycles. The van der Waals surface area contributed by atoms with Crippen molar-refractivity contribution >= 4 is 11.0 Å². The van der Waals surface area contributed by atoms with Crippen molar-refractivity contribution in [3.63, 3.8) is 0 Å². The first kappa shape index (κ1) is 21.2. The number of rotatable bonds is 6. The van der Waals surface area contributed by atoms with Crippen LogP contribution in [0.25, 0.3) is 44.9 Å². The molecule has 0 aliphatic heterocycles. The van der Waals surface area contributed by atoms with E-state index in [4.69, 9.17) is 13.7 Å². The van der Waals surface area contributed by atoms with Gasteiger partial charge in [0, 0.05) is 17.2 Å². The molecule has 176 valence electrons. The lowest BCUT2D eigenvalue weighted by atomic mass is 10.1. The van der Waals surface area contributed by atoms with Crippen molar-refractivity contribution in [2.24, 2.45) is 0 Å². The van der Waals surface area contributed by atoms with E-state index in [1.54, 1.807) is 30.3 Å². The minimum absolute atomic E-state index is 0.0521. The molecule has 2 N–H and O–H groups in total. The smallest absolute Gasteiger partial charge is 0.258 e. The van der Waals surface area contributed by atoms with Gasteiger partial charge in [0.05, 0.1) is 10.9 Å². The number of ether oxygens (including phenoxy) is 1. The maximum absolute atomic E-state index is 12.9. The van der Waals surface area contributed by atoms with Crippen molar-refractivity contribution in [1.29, 1.82) is 0 Å². The molecule has 3 heterocycles. The molecule has 0 bridgehead atoms. The van der Waals surface area contributed by atoms with Crippen molar-refractivity contribution in [3.05, 3.63) is 89.0 Å². The molecular formula is C25H16N6O5. The van der Waals surface area contributed by atoms with E-state index in [9.17, 15) is 9.90 Å². The fraction of sp³-hybridized carbons (Fsp3) is 0.0400. The molecule has 0 aliphatic rings. The number of aromatic amines is 1. The van der Waals surface area contributed by atoms with Crippen molar-refractivity contribution in [1.82, 2.24) is 30.8 Å². The third kappa shape index (κ3) is 4.05. The van der Waals surface area contributed by atoms with Crippen molar-refractivity contribution in [3.8, 4) is 45.5 Å². The number of hydrogen-bond acceptors (Lipinski definition) is 10. The van der Waals surface area contributed by atoms with Gasteiger partial charge in [0.15, 0.2) is 17.9 Å². The number of nitrogens with zero attached hydrogens (tertiary/aromatic N) is 5. The maximum atomic E-state index is 12.9. The summed E-state index contributed by atoms with van der Waals surface area (Å²) in [5.74, 6) is 1.80. The van der Waals surface area contributed by atoms with Crippen molar-refractivity contribution < 1.29 is 18.8 Å². The summed E-state index contributed by atoms with van der Waals surface area (Å²) in [5, 5.41) is 27.6. The van der Waals surface area contributed by atoms with Crippen LogP contribution < -0.4 is 10.2 Å². The topological polar surface area (TPSA) is 153 Å². The van der Waals surface area contributed by atoms with Crippen LogP contribution in [0.3, 0.4) is 0 Å². The van der Waals surface area contributed by atoms with Gasteiger partial charge in [0.1, 0.15) is 23.3 Å². The van der Waals surface area contributed by atoms with E-state index in [1.165, 1.54) is 18.4 Å². The third-order valence-electron chi connectivity index (χ3n) is 5.49. The van der Waals surface area contributed by atoms with E-state index in [0.29, 0.717) is 50.9 Å². The number of aromatic nitrogens is 6. The molecule has 6 aromatic rings. The van der Waals surface area contributed by atoms with E-state index in [-0.39, 0.29) is 17.8 Å². The van der Waals surface area contributed by atoms with E-state index < -0.39 is 0 Å². The lowest BCUT2D eigenvalue weighted by Gasteiger charge is -2.06. The van der Waals surface area contributed by atoms with Gasteiger partial charge in [0.25, 0.3) is 5.89 Å². The van der Waals surface area contributed by atoms with Crippen LogP contribution in [0, 0.1) is 0 Å². The summed E-state index contributed by atoms with van der Waals surface area (Å²) in [5.41, 5.74) is 2.74. The van der Waals surface area contributed by atoms with Crippen molar-refractivity contribution in [2.75, 3.05) is 0 Å². The third-order valence-corrected chi connectivity index (χ3v) is 5.49. The summed E-state index contributed by atoms with van der Waals surface area (Å²) in [6.45, 7) is 0.0521. The largest absolute Gasteiger partial charge is 0.508 e. The predicted molar refractivity (Wildman–Crippen MR) is 127 cm³/mol. The van der Waals surface area contributed by atoms with Crippen LogP contribution in [-0.4, -0.2) is 35.9 Å². The zero-order chi connectivity index (χ0) is 24.5. The summed E-state index contributed by atoms with van der Waals surface area (Å²) >= 11 is 0. The van der Waals surface area contributed by atoms with Gasteiger partial charge in [-0.3, -0.25) is 4.79 Å². The standard InChI is InChI=1S/C25H16N6O5/c32-17-6-4-14(5-7-17)20-12-35-21-11-18(8-9-19(21)23(20)33)34-13-22-26-25(36-29-22)16-3-1-2-15(10-16)24-27-30-31-28-24/h1-12,32H,13H2,(H,27,28,30,31). The highest BCUT2D eigenvalue weighted by atomic mass is 16.5. The molecule has 11 heteroatoms. The fourth-order valence-electron chi connectivity index (χ4n) is 3.70. The zero-order valence-corrected chi connectivity index (χ0v) is 18.5. The van der Waals surface area contributed by atoms with E-state index in [2.05, 4.69) is 30.8 Å². The Morgan fingerprint density at radius 3 is 2.67 bits per heavy atom. The maximum Gasteiger partial charge on any atom is 0.258 e. The highest BCUT2D eigenvalue weighted by molar-refractivity contribution is 5.82. The molecule has 3 aromatic carbocycles. The van der Waals surface area contributed by atoms with Crippen LogP contribution in [-0.2, 0) is 6.61 Å². The number of aromatic hydroxyl groups is 1. The van der Waals surface area contributed by atoms with Gasteiger partial charge in [-0.15, -0.1) is 5.10 Å². The van der Waals surface area contributed by atoms with Crippen LogP contribution in [0.4, 0.5) is 0 Å². The number of phenols is 1. The normalized spacial score (nSPS) is 11.1. The Balaban J connectivity index is 1.19. The lowest BCUT2D eigenvalue weighted by molar-refractivity contribution is 0.287. The van der Waals surface area contributed by atoms with Crippen LogP contribution in [0.2, 0.25) is 0 Å². The van der Waals surface area contributed by atoms with Gasteiger partial charge < -0.3 is 18.8 Å². The average Bonchev–Trinajstić information content (AvgIpc) is 3.61. The number of H-pyrrole nitrogens is 1. The molecule has 0 radical (unpaired) electrons. The molecule has 0 spiro atoms. The highest BCUT2D eigenvalue weighted by Gasteiger charge is 2.13. The predicted octanol–water partition coefficient (Wildman–Crippen LogP) is 3.97. The summed E-state index contributed by atoms with van der Waals surface area (Å²) in [4.78, 5) is 17.3. The molecule has 3 aromatic heterocycles. The molecule has 36 heavy (non-hydrogen) atoms. The fourth-order valence-corrected chi connectivity index (χ4v) is 3.70. The minimum atomic E-state index is -0.181. The second-order valence-corrected chi connectivity index (χ2v) is 7.82. The number of benzene rings is 3. The van der Waals surface area contributed by atoms with Crippen LogP contribution in [0.15, 0.2) is 86.7 Å². The molecule has 11 nitrogen and oxygen atoms in total. The number of hydrogen-bond donors (Lipinski definition) is 2. The Kier molecular flexibility index (Phi) is 5.19. The summed E-state index contributed by atoms with van der Waals surface area (Å²) in [6, 6.07) is 18.7. The molecule has 0 aliphatic carbocycles. The lowest BCUT2D eigenvalue weighted by Crippen LogP contribution is -2.05. The Bertz CT molecular complexity index is 1720. The second kappa shape index (κ2) is 8.80. The van der Waals surface area contributed by atoms with Crippen LogP contribution in [0.5, 0.6) is 11.5 Å². The molecule has 0 amide bonds. The quantitative estimate of drug-likeness (QED) is 0.358. The van der Waals surface area contributed by atoms with Gasteiger partial charge in [-0.25, -0.2) is 5.10 Å². The minimum Gasteiger partial charge on any atom is -0.508 e. The first-order valence-electron chi connectivity index (χ1n) is 10.8. The van der Waals surface area contributed by atoms with Crippen LogP contribution in [0.1, 0.15) is 5.82 Å². The van der Waals surface area contributed by atoms with E-state index >= 15 is 0 Å². The van der Waals surface area contributed by atoms with Crippen LogP contribution >= 0.6 is 0 Å². The van der Waals surface area contributed by atoms with Gasteiger partial charge in [-0.1, -0.05) is 29.4 Å². The Hall–Kier alpha value is -5.32. The Labute approximate surface area is 202 Å². The first-order valence-corrected chi connectivity index (χ1v) is 10.8. The molecule has 0 saturated heterocycles. The number of phenolic OH excluding ortho intramolecular Hbond substituents is 1. The number of nitrogens with one attached hydrogen (secondary N) is 1. The first-order chi connectivity index (χ1) is 17.6. The van der Waals surface area contributed by atoms with E-state index in [0.717, 1.165) is 5.56 Å². The molecule has 6 rings (SSSR count). The molecule has 0 unspecified atom stereocenters. The molecule has 0 fully saturated rings. The van der Waals surface area contributed by atoms with Crippen molar-refractivity contribution in [2.45, 2.75) is 6.61 Å². The summed E-state index contributed by atoms with van der Waals surface area (Å²) < 4.78 is 16.9. The average molecular weight is 480 g/mol. The summed E-state index contributed by atoms with van der Waals surface area (Å²) in [6.07, 6.45) is 1.40. The second-order valence-electron chi connectivity index (χ2n) is 7.82.